The Morgan fingerprint density at radius 3 is 2.48 bits per heavy atom. The number of hydrogen-bond acceptors (Lipinski definition) is 3. The fraction of sp³-hybridized carbons (Fsp3) is 0.421. The summed E-state index contributed by atoms with van der Waals surface area (Å²) in [6.45, 7) is 8.90. The molecule has 2 aromatic rings. The standard InChI is InChI=1S/C19H28N4S.HI/c1-3-23(4-2)15-17-9-6-5-8-16(17)14-22-19(20)21-12-11-18-10-7-13-24-18;/h5-10,13H,3-4,11-12,14-15H2,1-2H3,(H3,20,21,22);1H. The van der Waals surface area contributed by atoms with Crippen LogP contribution in [0.25, 0.3) is 0 Å². The van der Waals surface area contributed by atoms with Crippen LogP contribution in [0, 0.1) is 0 Å². The van der Waals surface area contributed by atoms with Crippen LogP contribution in [0.15, 0.2) is 46.8 Å². The van der Waals surface area contributed by atoms with Crippen molar-refractivity contribution in [3.05, 3.63) is 57.8 Å². The van der Waals surface area contributed by atoms with Crippen LogP contribution in [0.3, 0.4) is 0 Å². The SMILES string of the molecule is CCN(CC)Cc1ccccc1CN=C(N)NCCc1cccs1.I. The number of aliphatic imine (C=N–C) groups is 1. The zero-order valence-electron chi connectivity index (χ0n) is 15.1. The first-order valence-electron chi connectivity index (χ1n) is 8.58. The zero-order chi connectivity index (χ0) is 17.2. The minimum absolute atomic E-state index is 0. The van der Waals surface area contributed by atoms with Crippen LogP contribution in [0.5, 0.6) is 0 Å². The molecule has 0 atom stereocenters. The Labute approximate surface area is 172 Å². The Hall–Kier alpha value is -1.12. The summed E-state index contributed by atoms with van der Waals surface area (Å²) in [7, 11) is 0. The van der Waals surface area contributed by atoms with Gasteiger partial charge in [-0.25, -0.2) is 4.99 Å². The van der Waals surface area contributed by atoms with E-state index in [0.29, 0.717) is 12.5 Å². The van der Waals surface area contributed by atoms with Gasteiger partial charge in [0.25, 0.3) is 0 Å². The topological polar surface area (TPSA) is 53.6 Å². The van der Waals surface area contributed by atoms with E-state index < -0.39 is 0 Å². The van der Waals surface area contributed by atoms with Gasteiger partial charge in [0.05, 0.1) is 6.54 Å². The summed E-state index contributed by atoms with van der Waals surface area (Å²) in [4.78, 5) is 8.27. The molecule has 0 unspecified atom stereocenters. The van der Waals surface area contributed by atoms with Crippen LogP contribution >= 0.6 is 35.3 Å². The van der Waals surface area contributed by atoms with E-state index in [1.165, 1.54) is 16.0 Å². The first-order valence-corrected chi connectivity index (χ1v) is 9.46. The summed E-state index contributed by atoms with van der Waals surface area (Å²) in [6.07, 6.45) is 0.979. The lowest BCUT2D eigenvalue weighted by atomic mass is 10.1. The maximum Gasteiger partial charge on any atom is 0.188 e. The van der Waals surface area contributed by atoms with Gasteiger partial charge >= 0.3 is 0 Å². The summed E-state index contributed by atoms with van der Waals surface area (Å²) in [5, 5.41) is 5.29. The number of nitrogens with zero attached hydrogens (tertiary/aromatic N) is 2. The van der Waals surface area contributed by atoms with Gasteiger partial charge in [0, 0.05) is 18.0 Å². The van der Waals surface area contributed by atoms with Crippen molar-refractivity contribution in [2.45, 2.75) is 33.4 Å². The number of hydrogen-bond donors (Lipinski definition) is 2. The molecule has 0 saturated heterocycles. The van der Waals surface area contributed by atoms with Crippen molar-refractivity contribution < 1.29 is 0 Å². The van der Waals surface area contributed by atoms with E-state index in [-0.39, 0.29) is 24.0 Å². The molecule has 0 amide bonds. The number of nitrogens with one attached hydrogen (secondary N) is 1. The van der Waals surface area contributed by atoms with E-state index in [4.69, 9.17) is 5.73 Å². The van der Waals surface area contributed by atoms with E-state index in [2.05, 4.69) is 70.8 Å². The molecule has 0 aliphatic carbocycles. The predicted octanol–water partition coefficient (Wildman–Crippen LogP) is 3.85. The maximum atomic E-state index is 6.00. The summed E-state index contributed by atoms with van der Waals surface area (Å²) in [6, 6.07) is 12.7. The molecule has 3 N–H and O–H groups in total. The van der Waals surface area contributed by atoms with Crippen molar-refractivity contribution in [3.8, 4) is 0 Å². The molecule has 0 fully saturated rings. The molecule has 4 nitrogen and oxygen atoms in total. The van der Waals surface area contributed by atoms with E-state index in [1.54, 1.807) is 11.3 Å². The van der Waals surface area contributed by atoms with Crippen molar-refractivity contribution in [2.75, 3.05) is 19.6 Å². The van der Waals surface area contributed by atoms with Gasteiger partial charge < -0.3 is 11.1 Å². The van der Waals surface area contributed by atoms with Gasteiger partial charge in [-0.1, -0.05) is 44.2 Å². The van der Waals surface area contributed by atoms with Gasteiger partial charge in [-0.3, -0.25) is 4.90 Å². The average Bonchev–Trinajstić information content (AvgIpc) is 3.12. The monoisotopic (exact) mass is 472 g/mol. The summed E-state index contributed by atoms with van der Waals surface area (Å²) >= 11 is 1.77. The molecule has 0 aliphatic heterocycles. The number of nitrogens with two attached hydrogens (primary N) is 1. The van der Waals surface area contributed by atoms with Crippen LogP contribution in [-0.2, 0) is 19.5 Å². The van der Waals surface area contributed by atoms with Gasteiger partial charge in [0.15, 0.2) is 5.96 Å². The maximum absolute atomic E-state index is 6.00. The molecule has 25 heavy (non-hydrogen) atoms. The smallest absolute Gasteiger partial charge is 0.188 e. The van der Waals surface area contributed by atoms with E-state index in [0.717, 1.165) is 32.6 Å². The van der Waals surface area contributed by atoms with E-state index >= 15 is 0 Å². The first kappa shape index (κ1) is 21.9. The number of benzene rings is 1. The second kappa shape index (κ2) is 12.3. The fourth-order valence-corrected chi connectivity index (χ4v) is 3.26. The third kappa shape index (κ3) is 7.75. The third-order valence-electron chi connectivity index (χ3n) is 4.08. The Morgan fingerprint density at radius 1 is 1.12 bits per heavy atom. The van der Waals surface area contributed by atoms with Gasteiger partial charge in [-0.15, -0.1) is 35.3 Å². The largest absolute Gasteiger partial charge is 0.370 e. The van der Waals surface area contributed by atoms with Crippen LogP contribution in [0.1, 0.15) is 29.9 Å². The highest BCUT2D eigenvalue weighted by atomic mass is 127. The van der Waals surface area contributed by atoms with Crippen LogP contribution in [0.2, 0.25) is 0 Å². The summed E-state index contributed by atoms with van der Waals surface area (Å²) in [5.41, 5.74) is 8.57. The first-order chi connectivity index (χ1) is 11.7. The van der Waals surface area contributed by atoms with Crippen LogP contribution in [0.4, 0.5) is 0 Å². The second-order valence-corrected chi connectivity index (χ2v) is 6.72. The van der Waals surface area contributed by atoms with Crippen molar-refractivity contribution in [2.24, 2.45) is 10.7 Å². The predicted molar refractivity (Wildman–Crippen MR) is 120 cm³/mol. The molecular weight excluding hydrogens is 443 g/mol. The lowest BCUT2D eigenvalue weighted by Gasteiger charge is -2.19. The lowest BCUT2D eigenvalue weighted by Crippen LogP contribution is -2.33. The average molecular weight is 472 g/mol. The minimum atomic E-state index is 0. The summed E-state index contributed by atoms with van der Waals surface area (Å²) in [5.74, 6) is 0.518. The zero-order valence-corrected chi connectivity index (χ0v) is 18.2. The Kier molecular flexibility index (Phi) is 10.8. The molecule has 1 heterocycles. The van der Waals surface area contributed by atoms with Gasteiger partial charge in [-0.2, -0.15) is 0 Å². The van der Waals surface area contributed by atoms with Gasteiger partial charge in [0.1, 0.15) is 0 Å². The molecule has 0 aliphatic rings. The Bertz CT molecular complexity index is 624. The minimum Gasteiger partial charge on any atom is -0.370 e. The van der Waals surface area contributed by atoms with Crippen molar-refractivity contribution in [3.63, 3.8) is 0 Å². The highest BCUT2D eigenvalue weighted by Gasteiger charge is 2.06. The second-order valence-electron chi connectivity index (χ2n) is 5.69. The summed E-state index contributed by atoms with van der Waals surface area (Å²) < 4.78 is 0. The lowest BCUT2D eigenvalue weighted by molar-refractivity contribution is 0.295. The number of guanidine groups is 1. The highest BCUT2D eigenvalue weighted by Crippen LogP contribution is 2.13. The Balaban J connectivity index is 0.00000312. The molecule has 0 saturated carbocycles. The molecular formula is C19H29IN4S. The molecule has 0 spiro atoms. The van der Waals surface area contributed by atoms with Crippen LogP contribution < -0.4 is 11.1 Å². The van der Waals surface area contributed by atoms with Crippen molar-refractivity contribution in [1.29, 1.82) is 0 Å². The van der Waals surface area contributed by atoms with Gasteiger partial charge in [0.2, 0.25) is 0 Å². The van der Waals surface area contributed by atoms with Gasteiger partial charge in [-0.05, 0) is 42.1 Å². The molecule has 138 valence electrons. The van der Waals surface area contributed by atoms with Crippen LogP contribution in [-0.4, -0.2) is 30.5 Å². The highest BCUT2D eigenvalue weighted by molar-refractivity contribution is 14.0. The number of thiophene rings is 1. The fourth-order valence-electron chi connectivity index (χ4n) is 2.55. The molecule has 1 aromatic heterocycles. The van der Waals surface area contributed by atoms with Crippen molar-refractivity contribution >= 4 is 41.3 Å². The molecule has 0 bridgehead atoms. The third-order valence-corrected chi connectivity index (χ3v) is 5.02. The number of rotatable bonds is 9. The Morgan fingerprint density at radius 2 is 1.84 bits per heavy atom. The van der Waals surface area contributed by atoms with E-state index in [9.17, 15) is 0 Å². The molecule has 1 aromatic carbocycles. The molecule has 2 rings (SSSR count). The molecule has 6 heteroatoms. The van der Waals surface area contributed by atoms with E-state index in [1.807, 2.05) is 0 Å². The van der Waals surface area contributed by atoms with Crippen molar-refractivity contribution in [1.82, 2.24) is 10.2 Å². The normalized spacial score (nSPS) is 11.4. The number of halogens is 1. The quantitative estimate of drug-likeness (QED) is 0.331. The molecule has 0 radical (unpaired) electrons.